The van der Waals surface area contributed by atoms with Gasteiger partial charge in [-0.3, -0.25) is 24.6 Å². The predicted octanol–water partition coefficient (Wildman–Crippen LogP) is -2.48. The molecule has 0 aliphatic carbocycles. The van der Waals surface area contributed by atoms with E-state index in [9.17, 15) is 50.1 Å². The Morgan fingerprint density at radius 2 is 1.51 bits per heavy atom. The summed E-state index contributed by atoms with van der Waals surface area (Å²) in [5.41, 5.74) is -5.24. The van der Waals surface area contributed by atoms with Crippen molar-refractivity contribution in [2.24, 2.45) is 0 Å². The molecule has 234 valence electrons. The molecule has 0 spiro atoms. The van der Waals surface area contributed by atoms with E-state index in [0.717, 1.165) is 12.1 Å². The summed E-state index contributed by atoms with van der Waals surface area (Å²) in [6.45, 7) is 6.08. The summed E-state index contributed by atoms with van der Waals surface area (Å²) in [6, 6.07) is 7.97. The lowest BCUT2D eigenvalue weighted by molar-refractivity contribution is -0.433. The first kappa shape index (κ1) is 32.3. The van der Waals surface area contributed by atoms with Crippen molar-refractivity contribution >= 4 is 17.7 Å². The highest BCUT2D eigenvalue weighted by molar-refractivity contribution is 6.10. The van der Waals surface area contributed by atoms with Crippen molar-refractivity contribution in [2.45, 2.75) is 50.2 Å². The first-order chi connectivity index (χ1) is 20.2. The van der Waals surface area contributed by atoms with Crippen molar-refractivity contribution in [3.63, 3.8) is 0 Å². The Hall–Kier alpha value is -3.58. The van der Waals surface area contributed by atoms with Crippen LogP contribution in [0.2, 0.25) is 0 Å². The maximum absolute atomic E-state index is 15.3. The van der Waals surface area contributed by atoms with Crippen molar-refractivity contribution in [3.05, 3.63) is 64.5 Å². The second-order valence-corrected chi connectivity index (χ2v) is 9.82. The number of hydrogen-bond acceptors (Lipinski definition) is 13. The van der Waals surface area contributed by atoms with Crippen LogP contribution in [0.15, 0.2) is 36.4 Å². The molecular formula is C27H32FN3O12. The van der Waals surface area contributed by atoms with E-state index in [-0.39, 0.29) is 5.56 Å². The summed E-state index contributed by atoms with van der Waals surface area (Å²) in [4.78, 5) is 39.0. The number of imide groups is 1. The largest absolute Gasteiger partial charge is 0.488 e. The van der Waals surface area contributed by atoms with Gasteiger partial charge in [-0.25, -0.2) is 9.29 Å². The Kier molecular flexibility index (Phi) is 8.64. The van der Waals surface area contributed by atoms with Gasteiger partial charge in [0, 0.05) is 30.8 Å². The maximum atomic E-state index is 15.3. The van der Waals surface area contributed by atoms with E-state index in [0.29, 0.717) is 38.4 Å². The van der Waals surface area contributed by atoms with Crippen LogP contribution in [-0.2, 0) is 33.4 Å². The zero-order valence-electron chi connectivity index (χ0n) is 23.2. The third-order valence-corrected chi connectivity index (χ3v) is 7.30. The fourth-order valence-electron chi connectivity index (χ4n) is 5.04. The number of nitrogens with one attached hydrogen (secondary N) is 1. The number of carbonyl (C=O) groups is 3. The number of benzene rings is 2. The highest BCUT2D eigenvalue weighted by Crippen LogP contribution is 2.48. The normalized spacial score (nSPS) is 24.1. The summed E-state index contributed by atoms with van der Waals surface area (Å²) < 4.78 is 26.2. The number of piperidine rings is 1. The summed E-state index contributed by atoms with van der Waals surface area (Å²) in [5, 5.41) is 74.9. The molecule has 2 aromatic carbocycles. The zero-order chi connectivity index (χ0) is 32.0. The Morgan fingerprint density at radius 1 is 0.907 bits per heavy atom. The van der Waals surface area contributed by atoms with Gasteiger partial charge >= 0.3 is 5.79 Å². The fourth-order valence-corrected chi connectivity index (χ4v) is 5.04. The fraction of sp³-hybridized carbons (Fsp3) is 0.444. The lowest BCUT2D eigenvalue weighted by Gasteiger charge is -2.51. The third-order valence-electron chi connectivity index (χ3n) is 7.30. The molecule has 15 nitrogen and oxygen atoms in total. The number of halogens is 1. The van der Waals surface area contributed by atoms with Crippen LogP contribution in [0.25, 0.3) is 0 Å². The van der Waals surface area contributed by atoms with Crippen molar-refractivity contribution < 1.29 is 64.0 Å². The molecule has 3 aliphatic heterocycles. The van der Waals surface area contributed by atoms with Crippen LogP contribution in [0, 0.1) is 5.82 Å². The Balaban J connectivity index is 0.00000207. The standard InChI is InChI=1S/C25H26FN3O12.C2H6/c26-18-13(11-28-7-9-40-10-8-28)3-1-4-14(18)12-41-16-6-2-5-15-17(16)24(36,37)29(19(15)30)22(33)20(31)27-21(32)23(34,35)25(22,38)39;1-2/h1-6,33-39H,7-12H2,(H,27,31,32);1-2H3. The van der Waals surface area contributed by atoms with Gasteiger partial charge in [-0.2, -0.15) is 0 Å². The minimum Gasteiger partial charge on any atom is -0.488 e. The average molecular weight is 610 g/mol. The molecule has 0 aromatic heterocycles. The SMILES string of the molecule is CC.O=C1c2cccc(OCc3cccc(CN4CCOCC4)c3F)c2C(O)(O)N1C1(O)C(=O)NC(=O)C(O)(O)C1(O)O. The van der Waals surface area contributed by atoms with Gasteiger partial charge in [-0.1, -0.05) is 38.1 Å². The van der Waals surface area contributed by atoms with Gasteiger partial charge in [0.1, 0.15) is 18.2 Å². The summed E-state index contributed by atoms with van der Waals surface area (Å²) in [6.07, 6.45) is 0. The number of aliphatic hydroxyl groups is 7. The molecule has 0 saturated carbocycles. The minimum absolute atomic E-state index is 0.0647. The number of morpholine rings is 1. The second-order valence-electron chi connectivity index (χ2n) is 9.82. The molecule has 2 saturated heterocycles. The van der Waals surface area contributed by atoms with E-state index in [1.165, 1.54) is 17.4 Å². The van der Waals surface area contributed by atoms with Crippen LogP contribution in [-0.4, -0.2) is 107 Å². The maximum Gasteiger partial charge on any atom is 0.306 e. The van der Waals surface area contributed by atoms with Crippen LogP contribution in [0.5, 0.6) is 5.75 Å². The number of fused-ring (bicyclic) bond motifs is 1. The number of nitrogens with zero attached hydrogens (tertiary/aromatic N) is 2. The smallest absolute Gasteiger partial charge is 0.306 e. The second kappa shape index (κ2) is 11.5. The summed E-state index contributed by atoms with van der Waals surface area (Å²) in [7, 11) is 0. The molecule has 2 aromatic rings. The molecule has 3 amide bonds. The first-order valence-corrected chi connectivity index (χ1v) is 13.3. The van der Waals surface area contributed by atoms with Crippen LogP contribution in [0.4, 0.5) is 4.39 Å². The topological polar surface area (TPSA) is 230 Å². The van der Waals surface area contributed by atoms with Gasteiger partial charge in [-0.15, -0.1) is 0 Å². The van der Waals surface area contributed by atoms with E-state index in [4.69, 9.17) is 9.47 Å². The van der Waals surface area contributed by atoms with E-state index >= 15 is 4.39 Å². The molecule has 1 atom stereocenters. The first-order valence-electron chi connectivity index (χ1n) is 13.3. The molecule has 43 heavy (non-hydrogen) atoms. The highest BCUT2D eigenvalue weighted by Gasteiger charge is 2.79. The molecule has 3 heterocycles. The highest BCUT2D eigenvalue weighted by atomic mass is 19.1. The summed E-state index contributed by atoms with van der Waals surface area (Å²) in [5.74, 6) is -19.5. The van der Waals surface area contributed by atoms with Gasteiger partial charge in [0.15, 0.2) is 0 Å². The lowest BCUT2D eigenvalue weighted by atomic mass is 9.86. The van der Waals surface area contributed by atoms with Crippen molar-refractivity contribution in [3.8, 4) is 5.75 Å². The molecule has 1 unspecified atom stereocenters. The van der Waals surface area contributed by atoms with Crippen LogP contribution >= 0.6 is 0 Å². The van der Waals surface area contributed by atoms with Gasteiger partial charge in [0.2, 0.25) is 0 Å². The molecule has 2 fully saturated rings. The van der Waals surface area contributed by atoms with E-state index in [2.05, 4.69) is 0 Å². The van der Waals surface area contributed by atoms with E-state index < -0.39 is 75.1 Å². The zero-order valence-corrected chi connectivity index (χ0v) is 23.2. The van der Waals surface area contributed by atoms with Gasteiger partial charge < -0.3 is 45.2 Å². The van der Waals surface area contributed by atoms with Gasteiger partial charge in [0.05, 0.1) is 24.3 Å². The number of carbonyl (C=O) groups excluding carboxylic acids is 3. The monoisotopic (exact) mass is 609 g/mol. The van der Waals surface area contributed by atoms with E-state index in [1.807, 2.05) is 18.7 Å². The number of rotatable bonds is 6. The molecule has 3 aliphatic rings. The van der Waals surface area contributed by atoms with Gasteiger partial charge in [0.25, 0.3) is 35.1 Å². The van der Waals surface area contributed by atoms with E-state index in [1.54, 1.807) is 12.1 Å². The van der Waals surface area contributed by atoms with Crippen LogP contribution in [0.3, 0.4) is 0 Å². The van der Waals surface area contributed by atoms with Crippen LogP contribution < -0.4 is 10.1 Å². The molecular weight excluding hydrogens is 577 g/mol. The molecule has 5 rings (SSSR count). The molecule has 16 heteroatoms. The molecule has 8 N–H and O–H groups in total. The molecule has 0 radical (unpaired) electrons. The average Bonchev–Trinajstić information content (AvgIpc) is 3.19. The number of amides is 3. The lowest BCUT2D eigenvalue weighted by Crippen LogP contribution is -2.87. The Morgan fingerprint density at radius 3 is 2.16 bits per heavy atom. The van der Waals surface area contributed by atoms with Gasteiger partial charge in [-0.05, 0) is 12.1 Å². The quantitative estimate of drug-likeness (QED) is 0.125. The minimum atomic E-state index is -4.57. The van der Waals surface area contributed by atoms with Crippen LogP contribution in [0.1, 0.15) is 40.9 Å². The predicted molar refractivity (Wildman–Crippen MR) is 139 cm³/mol. The van der Waals surface area contributed by atoms with Crippen molar-refractivity contribution in [1.82, 2.24) is 15.1 Å². The van der Waals surface area contributed by atoms with Crippen molar-refractivity contribution in [2.75, 3.05) is 26.3 Å². The van der Waals surface area contributed by atoms with Crippen molar-refractivity contribution in [1.29, 1.82) is 0 Å². The summed E-state index contributed by atoms with van der Waals surface area (Å²) >= 11 is 0. The Bertz CT molecular complexity index is 1430. The third kappa shape index (κ3) is 4.95. The number of hydrogen-bond donors (Lipinski definition) is 8. The molecule has 0 bridgehead atoms. The Labute approximate surface area is 243 Å². The number of ether oxygens (including phenoxy) is 2.